The first-order valence-electron chi connectivity index (χ1n) is 5.47. The number of nitriles is 1. The first-order chi connectivity index (χ1) is 9.52. The summed E-state index contributed by atoms with van der Waals surface area (Å²) in [5.74, 6) is -0.0461. The summed E-state index contributed by atoms with van der Waals surface area (Å²) >= 11 is 5.72. The van der Waals surface area contributed by atoms with Crippen LogP contribution in [0, 0.1) is 28.4 Å². The van der Waals surface area contributed by atoms with E-state index in [0.717, 1.165) is 0 Å². The number of hydrogen-bond donors (Lipinski definition) is 1. The van der Waals surface area contributed by atoms with Gasteiger partial charge in [-0.2, -0.15) is 10.2 Å². The average Bonchev–Trinajstić information content (AvgIpc) is 2.38. The highest BCUT2D eigenvalue weighted by Gasteiger charge is 2.22. The van der Waals surface area contributed by atoms with Gasteiger partial charge in [-0.15, -0.1) is 0 Å². The number of nitrogens with zero attached hydrogens (tertiary/aromatic N) is 4. The quantitative estimate of drug-likeness (QED) is 0.529. The summed E-state index contributed by atoms with van der Waals surface area (Å²) in [6.45, 7) is 1.47. The van der Waals surface area contributed by atoms with Gasteiger partial charge in [-0.25, -0.2) is 4.98 Å². The van der Waals surface area contributed by atoms with Crippen molar-refractivity contribution in [1.29, 1.82) is 5.26 Å². The van der Waals surface area contributed by atoms with Crippen LogP contribution in [-0.2, 0) is 0 Å². The minimum absolute atomic E-state index is 0.0461. The van der Waals surface area contributed by atoms with Gasteiger partial charge < -0.3 is 5.32 Å². The third kappa shape index (κ3) is 2.65. The monoisotopic (exact) mass is 289 g/mol. The SMILES string of the molecule is Cc1nc(Cl)nc(Nc2ccccc2C#N)c1[N+](=O)[O-]. The lowest BCUT2D eigenvalue weighted by atomic mass is 10.2. The molecule has 2 rings (SSSR count). The average molecular weight is 290 g/mol. The van der Waals surface area contributed by atoms with E-state index in [1.165, 1.54) is 6.92 Å². The van der Waals surface area contributed by atoms with E-state index in [1.54, 1.807) is 24.3 Å². The second-order valence-electron chi connectivity index (χ2n) is 3.81. The Bertz CT molecular complexity index is 726. The first-order valence-corrected chi connectivity index (χ1v) is 5.85. The van der Waals surface area contributed by atoms with Crippen LogP contribution in [0.15, 0.2) is 24.3 Å². The molecule has 0 aliphatic rings. The van der Waals surface area contributed by atoms with E-state index in [9.17, 15) is 10.1 Å². The van der Waals surface area contributed by atoms with Gasteiger partial charge in [0.2, 0.25) is 11.1 Å². The molecule has 100 valence electrons. The van der Waals surface area contributed by atoms with E-state index in [-0.39, 0.29) is 22.5 Å². The predicted octanol–water partition coefficient (Wildman–Crippen LogP) is 2.96. The van der Waals surface area contributed by atoms with Crippen molar-refractivity contribution in [3.8, 4) is 6.07 Å². The Hall–Kier alpha value is -2.72. The Labute approximate surface area is 119 Å². The fourth-order valence-electron chi connectivity index (χ4n) is 1.66. The molecule has 0 unspecified atom stereocenters. The lowest BCUT2D eigenvalue weighted by Crippen LogP contribution is -2.05. The molecule has 0 saturated carbocycles. The summed E-state index contributed by atoms with van der Waals surface area (Å²) in [4.78, 5) is 18.0. The van der Waals surface area contributed by atoms with Crippen molar-refractivity contribution in [3.05, 3.63) is 50.9 Å². The van der Waals surface area contributed by atoms with E-state index in [1.807, 2.05) is 6.07 Å². The maximum atomic E-state index is 11.1. The molecule has 0 aliphatic heterocycles. The Balaban J connectivity index is 2.54. The zero-order chi connectivity index (χ0) is 14.7. The van der Waals surface area contributed by atoms with Crippen molar-refractivity contribution in [2.75, 3.05) is 5.32 Å². The molecule has 1 N–H and O–H groups in total. The summed E-state index contributed by atoms with van der Waals surface area (Å²) in [5.41, 5.74) is 0.621. The maximum Gasteiger partial charge on any atom is 0.332 e. The van der Waals surface area contributed by atoms with Crippen LogP contribution in [0.2, 0.25) is 5.28 Å². The fraction of sp³-hybridized carbons (Fsp3) is 0.0833. The predicted molar refractivity (Wildman–Crippen MR) is 72.9 cm³/mol. The zero-order valence-electron chi connectivity index (χ0n) is 10.3. The van der Waals surface area contributed by atoms with Crippen LogP contribution in [0.4, 0.5) is 17.2 Å². The van der Waals surface area contributed by atoms with Gasteiger partial charge in [0.15, 0.2) is 0 Å². The third-order valence-corrected chi connectivity index (χ3v) is 2.68. The van der Waals surface area contributed by atoms with E-state index in [0.29, 0.717) is 11.3 Å². The lowest BCUT2D eigenvalue weighted by molar-refractivity contribution is -0.385. The number of nitrogens with one attached hydrogen (secondary N) is 1. The number of nitro groups is 1. The molecule has 0 amide bonds. The van der Waals surface area contributed by atoms with Crippen LogP contribution in [0.1, 0.15) is 11.3 Å². The highest BCUT2D eigenvalue weighted by molar-refractivity contribution is 6.28. The number of aryl methyl sites for hydroxylation is 1. The minimum atomic E-state index is -0.594. The molecular formula is C12H8ClN5O2. The molecule has 0 bridgehead atoms. The lowest BCUT2D eigenvalue weighted by Gasteiger charge is -2.08. The number of hydrogen-bond acceptors (Lipinski definition) is 6. The summed E-state index contributed by atoms with van der Waals surface area (Å²) < 4.78 is 0. The molecule has 1 aromatic heterocycles. The molecule has 2 aromatic rings. The van der Waals surface area contributed by atoms with Crippen molar-refractivity contribution in [2.45, 2.75) is 6.92 Å². The van der Waals surface area contributed by atoms with Crippen molar-refractivity contribution in [1.82, 2.24) is 9.97 Å². The molecule has 20 heavy (non-hydrogen) atoms. The molecule has 7 nitrogen and oxygen atoms in total. The van der Waals surface area contributed by atoms with E-state index >= 15 is 0 Å². The van der Waals surface area contributed by atoms with Crippen molar-refractivity contribution >= 4 is 28.8 Å². The fourth-order valence-corrected chi connectivity index (χ4v) is 1.87. The Morgan fingerprint density at radius 3 is 2.75 bits per heavy atom. The molecule has 0 aliphatic carbocycles. The van der Waals surface area contributed by atoms with Gasteiger partial charge in [0, 0.05) is 0 Å². The Morgan fingerprint density at radius 2 is 2.10 bits per heavy atom. The number of anilines is 2. The first kappa shape index (κ1) is 13.7. The number of aromatic nitrogens is 2. The third-order valence-electron chi connectivity index (χ3n) is 2.51. The van der Waals surface area contributed by atoms with E-state index in [4.69, 9.17) is 16.9 Å². The van der Waals surface area contributed by atoms with Crippen LogP contribution in [-0.4, -0.2) is 14.9 Å². The molecule has 1 aromatic carbocycles. The normalized spacial score (nSPS) is 9.85. The number of rotatable bonds is 3. The molecular weight excluding hydrogens is 282 g/mol. The Morgan fingerprint density at radius 1 is 1.40 bits per heavy atom. The second kappa shape index (κ2) is 5.50. The van der Waals surface area contributed by atoms with Gasteiger partial charge in [-0.05, 0) is 30.7 Å². The van der Waals surface area contributed by atoms with Gasteiger partial charge >= 0.3 is 5.69 Å². The van der Waals surface area contributed by atoms with Crippen LogP contribution < -0.4 is 5.32 Å². The molecule has 0 saturated heterocycles. The summed E-state index contributed by atoms with van der Waals surface area (Å²) in [6, 6.07) is 8.58. The molecule has 0 fully saturated rings. The van der Waals surface area contributed by atoms with Crippen LogP contribution in [0.3, 0.4) is 0 Å². The molecule has 0 spiro atoms. The van der Waals surface area contributed by atoms with Crippen LogP contribution in [0.25, 0.3) is 0 Å². The van der Waals surface area contributed by atoms with Crippen LogP contribution in [0.5, 0.6) is 0 Å². The van der Waals surface area contributed by atoms with E-state index < -0.39 is 4.92 Å². The molecule has 1 heterocycles. The van der Waals surface area contributed by atoms with Crippen molar-refractivity contribution in [2.24, 2.45) is 0 Å². The van der Waals surface area contributed by atoms with Gasteiger partial charge in [-0.3, -0.25) is 10.1 Å². The zero-order valence-corrected chi connectivity index (χ0v) is 11.0. The van der Waals surface area contributed by atoms with Gasteiger partial charge in [0.05, 0.1) is 16.2 Å². The molecule has 8 heteroatoms. The van der Waals surface area contributed by atoms with Gasteiger partial charge in [0.25, 0.3) is 0 Å². The highest BCUT2D eigenvalue weighted by Crippen LogP contribution is 2.30. The second-order valence-corrected chi connectivity index (χ2v) is 4.15. The smallest absolute Gasteiger partial charge is 0.332 e. The highest BCUT2D eigenvalue weighted by atomic mass is 35.5. The topological polar surface area (TPSA) is 105 Å². The minimum Gasteiger partial charge on any atom is -0.333 e. The number of para-hydroxylation sites is 1. The largest absolute Gasteiger partial charge is 0.333 e. The van der Waals surface area contributed by atoms with Gasteiger partial charge in [-0.1, -0.05) is 12.1 Å². The number of halogens is 1. The van der Waals surface area contributed by atoms with Gasteiger partial charge in [0.1, 0.15) is 11.8 Å². The Kier molecular flexibility index (Phi) is 3.77. The summed E-state index contributed by atoms with van der Waals surface area (Å²) in [6.07, 6.45) is 0. The van der Waals surface area contributed by atoms with Crippen molar-refractivity contribution < 1.29 is 4.92 Å². The number of benzene rings is 1. The standard InChI is InChI=1S/C12H8ClN5O2/c1-7-10(18(19)20)11(17-12(13)15-7)16-9-5-3-2-4-8(9)6-14/h2-5H,1H3,(H,15,16,17). The molecule has 0 atom stereocenters. The summed E-state index contributed by atoms with van der Waals surface area (Å²) in [5, 5.41) is 22.7. The van der Waals surface area contributed by atoms with Crippen LogP contribution >= 0.6 is 11.6 Å². The van der Waals surface area contributed by atoms with E-state index in [2.05, 4.69) is 15.3 Å². The molecule has 0 radical (unpaired) electrons. The maximum absolute atomic E-state index is 11.1. The van der Waals surface area contributed by atoms with Crippen molar-refractivity contribution in [3.63, 3.8) is 0 Å². The summed E-state index contributed by atoms with van der Waals surface area (Å²) in [7, 11) is 0.